The second-order valence-electron chi connectivity index (χ2n) is 5.99. The van der Waals surface area contributed by atoms with E-state index in [9.17, 15) is 4.79 Å². The lowest BCUT2D eigenvalue weighted by atomic mass is 9.92. The number of benzene rings is 2. The van der Waals surface area contributed by atoms with Gasteiger partial charge in [-0.25, -0.2) is 0 Å². The number of nitrogens with one attached hydrogen (secondary N) is 1. The van der Waals surface area contributed by atoms with Gasteiger partial charge in [-0.1, -0.05) is 62.7 Å². The zero-order chi connectivity index (χ0) is 17.4. The maximum atomic E-state index is 12.9. The summed E-state index contributed by atoms with van der Waals surface area (Å²) in [6.07, 6.45) is 2.69. The Hall–Kier alpha value is -2.29. The fourth-order valence-corrected chi connectivity index (χ4v) is 2.95. The number of amides is 1. The highest BCUT2D eigenvalue weighted by atomic mass is 16.5. The van der Waals surface area contributed by atoms with Crippen molar-refractivity contribution in [1.29, 1.82) is 0 Å². The topological polar surface area (TPSA) is 38.3 Å². The standard InChI is InChI=1S/C21H27NO2/c1-4-9-19(16-10-7-6-8-11-16)21(23)22-20(5-2)17-12-14-18(24-3)15-13-17/h6-8,10-15,19-20H,4-5,9H2,1-3H3,(H,22,23). The summed E-state index contributed by atoms with van der Waals surface area (Å²) in [5.74, 6) is 0.835. The molecule has 2 unspecified atom stereocenters. The Morgan fingerprint density at radius 1 is 1.00 bits per heavy atom. The maximum Gasteiger partial charge on any atom is 0.228 e. The summed E-state index contributed by atoms with van der Waals surface area (Å²) in [7, 11) is 1.66. The summed E-state index contributed by atoms with van der Waals surface area (Å²) < 4.78 is 5.20. The number of hydrogen-bond acceptors (Lipinski definition) is 2. The smallest absolute Gasteiger partial charge is 0.228 e. The molecule has 0 bridgehead atoms. The van der Waals surface area contributed by atoms with Crippen molar-refractivity contribution in [2.75, 3.05) is 7.11 Å². The molecule has 0 saturated heterocycles. The van der Waals surface area contributed by atoms with Crippen molar-refractivity contribution in [1.82, 2.24) is 5.32 Å². The highest BCUT2D eigenvalue weighted by molar-refractivity contribution is 5.84. The molecule has 0 aromatic heterocycles. The molecule has 0 heterocycles. The van der Waals surface area contributed by atoms with Crippen LogP contribution in [-0.2, 0) is 4.79 Å². The summed E-state index contributed by atoms with van der Waals surface area (Å²) in [5.41, 5.74) is 2.19. The summed E-state index contributed by atoms with van der Waals surface area (Å²) in [6.45, 7) is 4.20. The van der Waals surface area contributed by atoms with Crippen LogP contribution in [0, 0.1) is 0 Å². The SMILES string of the molecule is CCCC(C(=O)NC(CC)c1ccc(OC)cc1)c1ccccc1. The van der Waals surface area contributed by atoms with Crippen LogP contribution in [-0.4, -0.2) is 13.0 Å². The molecule has 1 amide bonds. The van der Waals surface area contributed by atoms with E-state index in [0.717, 1.165) is 36.1 Å². The molecule has 0 radical (unpaired) electrons. The van der Waals surface area contributed by atoms with E-state index in [4.69, 9.17) is 4.74 Å². The highest BCUT2D eigenvalue weighted by Crippen LogP contribution is 2.25. The van der Waals surface area contributed by atoms with Gasteiger partial charge in [-0.2, -0.15) is 0 Å². The molecular formula is C21H27NO2. The number of methoxy groups -OCH3 is 1. The van der Waals surface area contributed by atoms with Crippen LogP contribution in [0.1, 0.15) is 56.2 Å². The van der Waals surface area contributed by atoms with Crippen molar-refractivity contribution in [3.63, 3.8) is 0 Å². The van der Waals surface area contributed by atoms with Crippen molar-refractivity contribution < 1.29 is 9.53 Å². The molecule has 3 heteroatoms. The van der Waals surface area contributed by atoms with Crippen LogP contribution < -0.4 is 10.1 Å². The molecule has 0 aliphatic rings. The molecule has 0 aliphatic heterocycles. The van der Waals surface area contributed by atoms with Crippen molar-refractivity contribution in [2.24, 2.45) is 0 Å². The van der Waals surface area contributed by atoms with Gasteiger partial charge in [0, 0.05) is 0 Å². The monoisotopic (exact) mass is 325 g/mol. The van der Waals surface area contributed by atoms with E-state index < -0.39 is 0 Å². The van der Waals surface area contributed by atoms with E-state index in [-0.39, 0.29) is 17.9 Å². The minimum Gasteiger partial charge on any atom is -0.497 e. The summed E-state index contributed by atoms with van der Waals surface area (Å²) in [6, 6.07) is 18.0. The Balaban J connectivity index is 2.13. The van der Waals surface area contributed by atoms with Crippen LogP contribution >= 0.6 is 0 Å². The molecule has 2 rings (SSSR count). The second-order valence-corrected chi connectivity index (χ2v) is 5.99. The summed E-state index contributed by atoms with van der Waals surface area (Å²) in [5, 5.41) is 3.22. The second kappa shape index (κ2) is 9.11. The number of carbonyl (C=O) groups is 1. The van der Waals surface area contributed by atoms with Crippen molar-refractivity contribution in [2.45, 2.75) is 45.1 Å². The summed E-state index contributed by atoms with van der Waals surface area (Å²) in [4.78, 5) is 12.9. The number of carbonyl (C=O) groups excluding carboxylic acids is 1. The molecule has 2 atom stereocenters. The molecule has 3 nitrogen and oxygen atoms in total. The molecular weight excluding hydrogens is 298 g/mol. The Bertz CT molecular complexity index is 622. The van der Waals surface area contributed by atoms with Crippen LogP contribution in [0.5, 0.6) is 5.75 Å². The maximum absolute atomic E-state index is 12.9. The first kappa shape index (κ1) is 18.1. The van der Waals surface area contributed by atoms with Gasteiger partial charge >= 0.3 is 0 Å². The van der Waals surface area contributed by atoms with Gasteiger partial charge in [0.15, 0.2) is 0 Å². The van der Waals surface area contributed by atoms with Gasteiger partial charge in [-0.05, 0) is 36.1 Å². The lowest BCUT2D eigenvalue weighted by Crippen LogP contribution is -2.32. The average molecular weight is 325 g/mol. The van der Waals surface area contributed by atoms with Crippen LogP contribution in [0.4, 0.5) is 0 Å². The van der Waals surface area contributed by atoms with E-state index in [1.54, 1.807) is 7.11 Å². The first-order valence-electron chi connectivity index (χ1n) is 8.68. The van der Waals surface area contributed by atoms with Crippen LogP contribution in [0.2, 0.25) is 0 Å². The number of ether oxygens (including phenoxy) is 1. The first-order chi connectivity index (χ1) is 11.7. The van der Waals surface area contributed by atoms with Crippen molar-refractivity contribution >= 4 is 5.91 Å². The first-order valence-corrected chi connectivity index (χ1v) is 8.68. The van der Waals surface area contributed by atoms with Gasteiger partial charge in [-0.3, -0.25) is 4.79 Å². The minimum atomic E-state index is -0.0940. The quantitative estimate of drug-likeness (QED) is 0.753. The van der Waals surface area contributed by atoms with Crippen molar-refractivity contribution in [3.05, 3.63) is 65.7 Å². The van der Waals surface area contributed by atoms with E-state index in [2.05, 4.69) is 19.2 Å². The van der Waals surface area contributed by atoms with Crippen molar-refractivity contribution in [3.8, 4) is 5.75 Å². The molecule has 0 aliphatic carbocycles. The Labute approximate surface area is 145 Å². The zero-order valence-corrected chi connectivity index (χ0v) is 14.8. The zero-order valence-electron chi connectivity index (χ0n) is 14.8. The van der Waals surface area contributed by atoms with Gasteiger partial charge < -0.3 is 10.1 Å². The number of rotatable bonds is 8. The third kappa shape index (κ3) is 4.60. The predicted octanol–water partition coefficient (Wildman–Crippen LogP) is 4.85. The average Bonchev–Trinajstić information content (AvgIpc) is 2.64. The molecule has 0 spiro atoms. The Morgan fingerprint density at radius 2 is 1.67 bits per heavy atom. The van der Waals surface area contributed by atoms with E-state index in [1.165, 1.54) is 0 Å². The van der Waals surface area contributed by atoms with E-state index >= 15 is 0 Å². The third-order valence-corrected chi connectivity index (χ3v) is 4.34. The van der Waals surface area contributed by atoms with Gasteiger partial charge in [0.1, 0.15) is 5.75 Å². The number of hydrogen-bond donors (Lipinski definition) is 1. The molecule has 2 aromatic carbocycles. The lowest BCUT2D eigenvalue weighted by Gasteiger charge is -2.22. The fraction of sp³-hybridized carbons (Fsp3) is 0.381. The molecule has 128 valence electrons. The van der Waals surface area contributed by atoms with Crippen LogP contribution in [0.3, 0.4) is 0 Å². The predicted molar refractivity (Wildman–Crippen MR) is 98.3 cm³/mol. The molecule has 2 aromatic rings. The highest BCUT2D eigenvalue weighted by Gasteiger charge is 2.22. The molecule has 24 heavy (non-hydrogen) atoms. The van der Waals surface area contributed by atoms with Crippen LogP contribution in [0.15, 0.2) is 54.6 Å². The third-order valence-electron chi connectivity index (χ3n) is 4.34. The van der Waals surface area contributed by atoms with Gasteiger partial charge in [0.2, 0.25) is 5.91 Å². The van der Waals surface area contributed by atoms with Gasteiger partial charge in [0.25, 0.3) is 0 Å². The fourth-order valence-electron chi connectivity index (χ4n) is 2.95. The van der Waals surface area contributed by atoms with E-state index in [0.29, 0.717) is 0 Å². The van der Waals surface area contributed by atoms with E-state index in [1.807, 2.05) is 54.6 Å². The molecule has 0 saturated carbocycles. The normalized spacial score (nSPS) is 13.1. The van der Waals surface area contributed by atoms with Gasteiger partial charge in [-0.15, -0.1) is 0 Å². The van der Waals surface area contributed by atoms with Gasteiger partial charge in [0.05, 0.1) is 19.1 Å². The summed E-state index contributed by atoms with van der Waals surface area (Å²) >= 11 is 0. The van der Waals surface area contributed by atoms with Crippen LogP contribution in [0.25, 0.3) is 0 Å². The Morgan fingerprint density at radius 3 is 2.21 bits per heavy atom. The Kier molecular flexibility index (Phi) is 6.86. The largest absolute Gasteiger partial charge is 0.497 e. The molecule has 0 fully saturated rings. The lowest BCUT2D eigenvalue weighted by molar-refractivity contribution is -0.123. The minimum absolute atomic E-state index is 0.0199. The molecule has 1 N–H and O–H groups in total.